The molecule has 0 fully saturated rings. The molecular formula is C9H7ClN2OS. The average molecular weight is 227 g/mol. The SMILES string of the molecule is O=c1ccccn1Cc1csc(Cl)n1. The molecule has 0 aliphatic carbocycles. The number of rotatable bonds is 2. The predicted octanol–water partition coefficient (Wildman–Crippen LogP) is 2.01. The number of pyridine rings is 1. The summed E-state index contributed by atoms with van der Waals surface area (Å²) in [5.74, 6) is 0. The summed E-state index contributed by atoms with van der Waals surface area (Å²) in [6.07, 6.45) is 1.73. The van der Waals surface area contributed by atoms with Gasteiger partial charge in [-0.15, -0.1) is 11.3 Å². The summed E-state index contributed by atoms with van der Waals surface area (Å²) in [5, 5.41) is 1.85. The van der Waals surface area contributed by atoms with Crippen molar-refractivity contribution in [2.45, 2.75) is 6.54 Å². The van der Waals surface area contributed by atoms with E-state index in [4.69, 9.17) is 11.6 Å². The van der Waals surface area contributed by atoms with E-state index in [1.807, 2.05) is 11.4 Å². The fraction of sp³-hybridized carbons (Fsp3) is 0.111. The summed E-state index contributed by atoms with van der Waals surface area (Å²) in [4.78, 5) is 15.4. The highest BCUT2D eigenvalue weighted by molar-refractivity contribution is 7.13. The summed E-state index contributed by atoms with van der Waals surface area (Å²) in [6.45, 7) is 0.475. The van der Waals surface area contributed by atoms with E-state index in [0.717, 1.165) is 5.69 Å². The van der Waals surface area contributed by atoms with Crippen molar-refractivity contribution in [3.63, 3.8) is 0 Å². The van der Waals surface area contributed by atoms with Crippen molar-refractivity contribution in [3.8, 4) is 0 Å². The van der Waals surface area contributed by atoms with Crippen LogP contribution in [0.5, 0.6) is 0 Å². The monoisotopic (exact) mass is 226 g/mol. The lowest BCUT2D eigenvalue weighted by molar-refractivity contribution is 0.744. The number of hydrogen-bond donors (Lipinski definition) is 0. The van der Waals surface area contributed by atoms with E-state index in [1.54, 1.807) is 16.8 Å². The van der Waals surface area contributed by atoms with Gasteiger partial charge in [-0.2, -0.15) is 0 Å². The molecule has 0 bridgehead atoms. The summed E-state index contributed by atoms with van der Waals surface area (Å²) < 4.78 is 2.09. The Morgan fingerprint density at radius 2 is 2.36 bits per heavy atom. The molecule has 0 saturated heterocycles. The Balaban J connectivity index is 2.27. The zero-order valence-electron chi connectivity index (χ0n) is 7.18. The van der Waals surface area contributed by atoms with Crippen molar-refractivity contribution >= 4 is 22.9 Å². The van der Waals surface area contributed by atoms with Gasteiger partial charge in [-0.1, -0.05) is 17.7 Å². The molecule has 0 spiro atoms. The predicted molar refractivity (Wildman–Crippen MR) is 56.9 cm³/mol. The van der Waals surface area contributed by atoms with Crippen LogP contribution in [0, 0.1) is 0 Å². The molecule has 0 radical (unpaired) electrons. The third-order valence-corrected chi connectivity index (χ3v) is 2.78. The molecule has 0 aliphatic rings. The van der Waals surface area contributed by atoms with Gasteiger partial charge in [-0.25, -0.2) is 4.98 Å². The first-order valence-electron chi connectivity index (χ1n) is 4.01. The normalized spacial score (nSPS) is 10.4. The molecule has 2 heterocycles. The van der Waals surface area contributed by atoms with Gasteiger partial charge >= 0.3 is 0 Å². The molecule has 3 nitrogen and oxygen atoms in total. The van der Waals surface area contributed by atoms with Crippen LogP contribution >= 0.6 is 22.9 Å². The standard InChI is InChI=1S/C9H7ClN2OS/c10-9-11-7(6-14-9)5-12-4-2-1-3-8(12)13/h1-4,6H,5H2. The number of halogens is 1. The maximum Gasteiger partial charge on any atom is 0.250 e. The summed E-state index contributed by atoms with van der Waals surface area (Å²) in [7, 11) is 0. The van der Waals surface area contributed by atoms with Crippen LogP contribution in [-0.2, 0) is 6.54 Å². The van der Waals surface area contributed by atoms with Crippen molar-refractivity contribution in [1.82, 2.24) is 9.55 Å². The molecule has 72 valence electrons. The van der Waals surface area contributed by atoms with Gasteiger partial charge in [0.25, 0.3) is 5.56 Å². The second-order valence-corrected chi connectivity index (χ2v) is 4.20. The molecule has 2 aromatic heterocycles. The molecule has 0 aliphatic heterocycles. The third-order valence-electron chi connectivity index (χ3n) is 1.76. The van der Waals surface area contributed by atoms with Gasteiger partial charge in [0.05, 0.1) is 12.2 Å². The van der Waals surface area contributed by atoms with Crippen LogP contribution < -0.4 is 5.56 Å². The topological polar surface area (TPSA) is 34.9 Å². The van der Waals surface area contributed by atoms with Crippen LogP contribution in [0.1, 0.15) is 5.69 Å². The fourth-order valence-corrected chi connectivity index (χ4v) is 1.89. The average Bonchev–Trinajstić information content (AvgIpc) is 2.56. The molecule has 2 rings (SSSR count). The van der Waals surface area contributed by atoms with Crippen LogP contribution in [0.25, 0.3) is 0 Å². The van der Waals surface area contributed by atoms with E-state index in [2.05, 4.69) is 4.98 Å². The lowest BCUT2D eigenvalue weighted by Crippen LogP contribution is -2.18. The van der Waals surface area contributed by atoms with Crippen LogP contribution in [-0.4, -0.2) is 9.55 Å². The maximum atomic E-state index is 11.3. The lowest BCUT2D eigenvalue weighted by atomic mass is 10.4. The zero-order chi connectivity index (χ0) is 9.97. The first kappa shape index (κ1) is 9.43. The Labute approximate surface area is 89.6 Å². The Morgan fingerprint density at radius 1 is 1.50 bits per heavy atom. The minimum Gasteiger partial charge on any atom is -0.310 e. The van der Waals surface area contributed by atoms with E-state index in [1.165, 1.54) is 17.4 Å². The molecule has 0 saturated carbocycles. The van der Waals surface area contributed by atoms with Gasteiger partial charge in [0, 0.05) is 17.6 Å². The summed E-state index contributed by atoms with van der Waals surface area (Å²) in [5.41, 5.74) is 0.782. The summed E-state index contributed by atoms with van der Waals surface area (Å²) in [6, 6.07) is 5.05. The Morgan fingerprint density at radius 3 is 3.00 bits per heavy atom. The van der Waals surface area contributed by atoms with E-state index in [-0.39, 0.29) is 5.56 Å². The molecular weight excluding hydrogens is 220 g/mol. The Bertz CT molecular complexity index is 491. The van der Waals surface area contributed by atoms with Gasteiger partial charge < -0.3 is 4.57 Å². The number of hydrogen-bond acceptors (Lipinski definition) is 3. The van der Waals surface area contributed by atoms with Crippen LogP contribution in [0.15, 0.2) is 34.6 Å². The molecule has 2 aromatic rings. The number of aromatic nitrogens is 2. The molecule has 5 heteroatoms. The second kappa shape index (κ2) is 3.94. The Kier molecular flexibility index (Phi) is 2.65. The fourth-order valence-electron chi connectivity index (χ4n) is 1.12. The highest BCUT2D eigenvalue weighted by atomic mass is 35.5. The number of thiazole rings is 1. The Hall–Kier alpha value is -1.13. The minimum atomic E-state index is -0.0309. The van der Waals surface area contributed by atoms with Gasteiger partial charge in [0.2, 0.25) is 0 Å². The quantitative estimate of drug-likeness (QED) is 0.785. The van der Waals surface area contributed by atoms with Crippen molar-refractivity contribution in [1.29, 1.82) is 0 Å². The maximum absolute atomic E-state index is 11.3. The smallest absolute Gasteiger partial charge is 0.250 e. The van der Waals surface area contributed by atoms with Gasteiger partial charge in [0.1, 0.15) is 0 Å². The van der Waals surface area contributed by atoms with Crippen LogP contribution in [0.2, 0.25) is 4.47 Å². The van der Waals surface area contributed by atoms with E-state index in [0.29, 0.717) is 11.0 Å². The molecule has 0 unspecified atom stereocenters. The minimum absolute atomic E-state index is 0.0309. The van der Waals surface area contributed by atoms with Crippen molar-refractivity contribution < 1.29 is 0 Å². The van der Waals surface area contributed by atoms with Gasteiger partial charge in [0.15, 0.2) is 4.47 Å². The molecule has 0 N–H and O–H groups in total. The third kappa shape index (κ3) is 2.02. The lowest BCUT2D eigenvalue weighted by Gasteiger charge is -2.00. The zero-order valence-corrected chi connectivity index (χ0v) is 8.76. The van der Waals surface area contributed by atoms with Crippen molar-refractivity contribution in [2.75, 3.05) is 0 Å². The molecule has 0 atom stereocenters. The largest absolute Gasteiger partial charge is 0.310 e. The van der Waals surface area contributed by atoms with Gasteiger partial charge in [-0.3, -0.25) is 4.79 Å². The van der Waals surface area contributed by atoms with E-state index >= 15 is 0 Å². The highest BCUT2D eigenvalue weighted by Crippen LogP contribution is 2.15. The van der Waals surface area contributed by atoms with Crippen LogP contribution in [0.4, 0.5) is 0 Å². The van der Waals surface area contributed by atoms with Crippen LogP contribution in [0.3, 0.4) is 0 Å². The van der Waals surface area contributed by atoms with Gasteiger partial charge in [-0.05, 0) is 6.07 Å². The van der Waals surface area contributed by atoms with E-state index < -0.39 is 0 Å². The molecule has 14 heavy (non-hydrogen) atoms. The molecule has 0 aromatic carbocycles. The number of nitrogens with zero attached hydrogens (tertiary/aromatic N) is 2. The first-order chi connectivity index (χ1) is 6.75. The second-order valence-electron chi connectivity index (χ2n) is 2.76. The highest BCUT2D eigenvalue weighted by Gasteiger charge is 2.00. The van der Waals surface area contributed by atoms with Crippen molar-refractivity contribution in [2.24, 2.45) is 0 Å². The summed E-state index contributed by atoms with van der Waals surface area (Å²) >= 11 is 7.05. The molecule has 0 amide bonds. The van der Waals surface area contributed by atoms with E-state index in [9.17, 15) is 4.79 Å². The van der Waals surface area contributed by atoms with Crippen molar-refractivity contribution in [3.05, 3.63) is 50.3 Å². The first-order valence-corrected chi connectivity index (χ1v) is 5.27.